The number of hydrogen-bond acceptors (Lipinski definition) is 4. The highest BCUT2D eigenvalue weighted by molar-refractivity contribution is 7.89. The number of nitrogens with zero attached hydrogens (tertiary/aromatic N) is 1. The number of hydrogen-bond donors (Lipinski definition) is 2. The zero-order valence-corrected chi connectivity index (χ0v) is 12.0. The lowest BCUT2D eigenvalue weighted by Gasteiger charge is -2.09. The Morgan fingerprint density at radius 1 is 1.53 bits per heavy atom. The first-order valence-electron chi connectivity index (χ1n) is 5.74. The normalized spacial score (nSPS) is 12.9. The van der Waals surface area contributed by atoms with Crippen LogP contribution in [0, 0.1) is 11.3 Å². The number of sulfonamides is 1. The Labute approximate surface area is 117 Å². The Kier molecular flexibility index (Phi) is 5.76. The molecule has 0 aromatic heterocycles. The lowest BCUT2D eigenvalue weighted by atomic mass is 10.2. The fourth-order valence-electron chi connectivity index (χ4n) is 1.47. The summed E-state index contributed by atoms with van der Waals surface area (Å²) in [6.07, 6.45) is 0.594. The van der Waals surface area contributed by atoms with Gasteiger partial charge in [-0.05, 0) is 38.0 Å². The third-order valence-electron chi connectivity index (χ3n) is 2.44. The second-order valence-electron chi connectivity index (χ2n) is 4.15. The highest BCUT2D eigenvalue weighted by Gasteiger charge is 2.17. The van der Waals surface area contributed by atoms with Crippen LogP contribution in [0.2, 0.25) is 5.02 Å². The molecule has 0 fully saturated rings. The molecule has 0 saturated carbocycles. The van der Waals surface area contributed by atoms with Crippen LogP contribution in [0.15, 0.2) is 23.1 Å². The van der Waals surface area contributed by atoms with Gasteiger partial charge < -0.3 is 5.11 Å². The highest BCUT2D eigenvalue weighted by Crippen LogP contribution is 2.22. The zero-order chi connectivity index (χ0) is 14.5. The van der Waals surface area contributed by atoms with Gasteiger partial charge in [-0.25, -0.2) is 13.1 Å². The van der Waals surface area contributed by atoms with Crippen LogP contribution in [0.25, 0.3) is 0 Å². The van der Waals surface area contributed by atoms with Crippen LogP contribution in [0.1, 0.15) is 25.3 Å². The molecule has 7 heteroatoms. The third kappa shape index (κ3) is 4.80. The van der Waals surface area contributed by atoms with Gasteiger partial charge in [0.05, 0.1) is 22.8 Å². The van der Waals surface area contributed by atoms with Gasteiger partial charge in [0.15, 0.2) is 0 Å². The second kappa shape index (κ2) is 6.87. The number of nitriles is 1. The minimum atomic E-state index is -3.69. The van der Waals surface area contributed by atoms with Crippen LogP contribution in [0.3, 0.4) is 0 Å². The molecule has 0 bridgehead atoms. The number of rotatable bonds is 6. The Hall–Kier alpha value is -1.13. The number of aliphatic hydroxyl groups is 1. The Balaban J connectivity index is 2.75. The molecule has 0 aliphatic heterocycles. The van der Waals surface area contributed by atoms with Crippen molar-refractivity contribution >= 4 is 21.6 Å². The van der Waals surface area contributed by atoms with Crippen molar-refractivity contribution in [1.82, 2.24) is 4.72 Å². The first kappa shape index (κ1) is 15.9. The van der Waals surface area contributed by atoms with Crippen LogP contribution >= 0.6 is 11.6 Å². The van der Waals surface area contributed by atoms with Crippen molar-refractivity contribution in [3.63, 3.8) is 0 Å². The molecule has 1 aromatic carbocycles. The SMILES string of the molecule is CC(O)CCCNS(=O)(=O)c1ccc(C#N)cc1Cl. The van der Waals surface area contributed by atoms with Crippen molar-refractivity contribution in [2.24, 2.45) is 0 Å². The zero-order valence-electron chi connectivity index (χ0n) is 10.4. The molecule has 0 aliphatic rings. The molecular formula is C12H15ClN2O3S. The quantitative estimate of drug-likeness (QED) is 0.782. The summed E-state index contributed by atoms with van der Waals surface area (Å²) < 4.78 is 26.3. The average Bonchev–Trinajstić information content (AvgIpc) is 2.34. The summed E-state index contributed by atoms with van der Waals surface area (Å²) in [6.45, 7) is 1.87. The van der Waals surface area contributed by atoms with Gasteiger partial charge >= 0.3 is 0 Å². The number of halogens is 1. The summed E-state index contributed by atoms with van der Waals surface area (Å²) in [7, 11) is -3.69. The second-order valence-corrected chi connectivity index (χ2v) is 6.29. The van der Waals surface area contributed by atoms with Gasteiger partial charge in [-0.2, -0.15) is 5.26 Å². The molecule has 1 rings (SSSR count). The van der Waals surface area contributed by atoms with Crippen molar-refractivity contribution in [2.45, 2.75) is 30.8 Å². The molecular weight excluding hydrogens is 288 g/mol. The molecule has 0 amide bonds. The Bertz CT molecular complexity index is 579. The van der Waals surface area contributed by atoms with E-state index >= 15 is 0 Å². The van der Waals surface area contributed by atoms with Gasteiger partial charge in [-0.15, -0.1) is 0 Å². The summed E-state index contributed by atoms with van der Waals surface area (Å²) in [5.74, 6) is 0. The van der Waals surface area contributed by atoms with Crippen molar-refractivity contribution in [3.8, 4) is 6.07 Å². The van der Waals surface area contributed by atoms with E-state index in [2.05, 4.69) is 4.72 Å². The van der Waals surface area contributed by atoms with E-state index in [1.807, 2.05) is 6.07 Å². The Morgan fingerprint density at radius 2 is 2.21 bits per heavy atom. The highest BCUT2D eigenvalue weighted by atomic mass is 35.5. The lowest BCUT2D eigenvalue weighted by molar-refractivity contribution is 0.182. The van der Waals surface area contributed by atoms with E-state index in [0.717, 1.165) is 0 Å². The van der Waals surface area contributed by atoms with E-state index in [0.29, 0.717) is 18.4 Å². The van der Waals surface area contributed by atoms with Crippen molar-refractivity contribution in [2.75, 3.05) is 6.54 Å². The van der Waals surface area contributed by atoms with Crippen molar-refractivity contribution < 1.29 is 13.5 Å². The molecule has 2 N–H and O–H groups in total. The monoisotopic (exact) mass is 302 g/mol. The standard InChI is InChI=1S/C12H15ClN2O3S/c1-9(16)3-2-6-15-19(17,18)12-5-4-10(8-14)7-11(12)13/h4-5,7,9,15-16H,2-3,6H2,1H3. The Morgan fingerprint density at radius 3 is 2.74 bits per heavy atom. The van der Waals surface area contributed by atoms with Crippen LogP contribution in [0.4, 0.5) is 0 Å². The molecule has 1 atom stereocenters. The van der Waals surface area contributed by atoms with E-state index in [1.54, 1.807) is 6.92 Å². The third-order valence-corrected chi connectivity index (χ3v) is 4.39. The lowest BCUT2D eigenvalue weighted by Crippen LogP contribution is -2.25. The van der Waals surface area contributed by atoms with Crippen LogP contribution in [-0.4, -0.2) is 26.2 Å². The van der Waals surface area contributed by atoms with E-state index in [9.17, 15) is 8.42 Å². The molecule has 19 heavy (non-hydrogen) atoms. The minimum absolute atomic E-state index is 0.0158. The molecule has 0 aliphatic carbocycles. The maximum absolute atomic E-state index is 12.0. The van der Waals surface area contributed by atoms with Gasteiger partial charge in [0.1, 0.15) is 4.90 Å². The number of nitrogens with one attached hydrogen (secondary N) is 1. The maximum atomic E-state index is 12.0. The molecule has 0 saturated heterocycles. The van der Waals surface area contributed by atoms with E-state index < -0.39 is 16.1 Å². The van der Waals surface area contributed by atoms with Gasteiger partial charge in [0, 0.05) is 6.54 Å². The largest absolute Gasteiger partial charge is 0.393 e. The van der Waals surface area contributed by atoms with E-state index in [-0.39, 0.29) is 16.5 Å². The fraction of sp³-hybridized carbons (Fsp3) is 0.417. The summed E-state index contributed by atoms with van der Waals surface area (Å²) in [4.78, 5) is -0.0507. The van der Waals surface area contributed by atoms with Gasteiger partial charge in [0.2, 0.25) is 10.0 Å². The van der Waals surface area contributed by atoms with Crippen molar-refractivity contribution in [3.05, 3.63) is 28.8 Å². The molecule has 0 spiro atoms. The summed E-state index contributed by atoms with van der Waals surface area (Å²) in [6, 6.07) is 5.90. The first-order valence-corrected chi connectivity index (χ1v) is 7.60. The maximum Gasteiger partial charge on any atom is 0.242 e. The smallest absolute Gasteiger partial charge is 0.242 e. The average molecular weight is 303 g/mol. The van der Waals surface area contributed by atoms with Gasteiger partial charge in [0.25, 0.3) is 0 Å². The van der Waals surface area contributed by atoms with Crippen LogP contribution in [-0.2, 0) is 10.0 Å². The van der Waals surface area contributed by atoms with Crippen LogP contribution in [0.5, 0.6) is 0 Å². The van der Waals surface area contributed by atoms with Crippen molar-refractivity contribution in [1.29, 1.82) is 5.26 Å². The predicted octanol–water partition coefficient (Wildman–Crippen LogP) is 1.65. The predicted molar refractivity (Wildman–Crippen MR) is 72.3 cm³/mol. The molecule has 0 heterocycles. The van der Waals surface area contributed by atoms with Gasteiger partial charge in [-0.1, -0.05) is 11.6 Å². The van der Waals surface area contributed by atoms with Gasteiger partial charge in [-0.3, -0.25) is 0 Å². The molecule has 1 unspecified atom stereocenters. The van der Waals surface area contributed by atoms with E-state index in [1.165, 1.54) is 18.2 Å². The van der Waals surface area contributed by atoms with E-state index in [4.69, 9.17) is 22.0 Å². The summed E-state index contributed by atoms with van der Waals surface area (Å²) in [5.41, 5.74) is 0.304. The molecule has 104 valence electrons. The molecule has 0 radical (unpaired) electrons. The molecule has 1 aromatic rings. The minimum Gasteiger partial charge on any atom is -0.393 e. The van der Waals surface area contributed by atoms with Crippen LogP contribution < -0.4 is 4.72 Å². The summed E-state index contributed by atoms with van der Waals surface area (Å²) >= 11 is 5.85. The fourth-order valence-corrected chi connectivity index (χ4v) is 3.09. The number of aliphatic hydroxyl groups excluding tert-OH is 1. The topological polar surface area (TPSA) is 90.2 Å². The number of benzene rings is 1. The summed E-state index contributed by atoms with van der Waals surface area (Å²) in [5, 5.41) is 17.8. The first-order chi connectivity index (χ1) is 8.86. The molecule has 5 nitrogen and oxygen atoms in total.